The van der Waals surface area contributed by atoms with Crippen LogP contribution >= 0.6 is 11.3 Å². The maximum absolute atomic E-state index is 3.66. The Labute approximate surface area is 113 Å². The van der Waals surface area contributed by atoms with E-state index in [1.165, 1.54) is 28.5 Å². The Balaban J connectivity index is 2.04. The Morgan fingerprint density at radius 3 is 2.78 bits per heavy atom. The first-order valence-corrected chi connectivity index (χ1v) is 7.72. The first-order valence-electron chi connectivity index (χ1n) is 6.91. The number of thiophene rings is 1. The molecule has 1 aromatic heterocycles. The van der Waals surface area contributed by atoms with E-state index in [1.54, 1.807) is 10.4 Å². The van der Waals surface area contributed by atoms with Crippen molar-refractivity contribution in [3.05, 3.63) is 34.2 Å². The summed E-state index contributed by atoms with van der Waals surface area (Å²) in [6.45, 7) is 7.90. The van der Waals surface area contributed by atoms with Crippen molar-refractivity contribution in [2.45, 2.75) is 52.1 Å². The monoisotopic (exact) mass is 259 g/mol. The molecule has 0 unspecified atom stereocenters. The average molecular weight is 259 g/mol. The Kier molecular flexibility index (Phi) is 3.16. The van der Waals surface area contributed by atoms with Gasteiger partial charge in [-0.25, -0.2) is 0 Å². The smallest absolute Gasteiger partial charge is 0.0378 e. The van der Waals surface area contributed by atoms with Crippen LogP contribution in [0, 0.1) is 6.92 Å². The van der Waals surface area contributed by atoms with E-state index in [9.17, 15) is 0 Å². The average Bonchev–Trinajstić information content (AvgIpc) is 3.06. The number of rotatable bonds is 4. The van der Waals surface area contributed by atoms with Crippen LogP contribution in [0.25, 0.3) is 10.1 Å². The largest absolute Gasteiger partial charge is 0.309 e. The van der Waals surface area contributed by atoms with Gasteiger partial charge < -0.3 is 5.32 Å². The number of benzene rings is 1. The van der Waals surface area contributed by atoms with Crippen molar-refractivity contribution in [3.63, 3.8) is 0 Å². The van der Waals surface area contributed by atoms with Crippen molar-refractivity contribution >= 4 is 21.4 Å². The van der Waals surface area contributed by atoms with E-state index >= 15 is 0 Å². The summed E-state index contributed by atoms with van der Waals surface area (Å²) in [6.07, 6.45) is 2.72. The highest BCUT2D eigenvalue weighted by Gasteiger charge is 2.22. The highest BCUT2D eigenvalue weighted by atomic mass is 32.1. The molecule has 3 rings (SSSR count). The molecule has 1 aromatic carbocycles. The summed E-state index contributed by atoms with van der Waals surface area (Å²) >= 11 is 1.99. The lowest BCUT2D eigenvalue weighted by Crippen LogP contribution is -2.15. The Bertz CT molecular complexity index is 564. The van der Waals surface area contributed by atoms with Crippen LogP contribution in [0.4, 0.5) is 0 Å². The van der Waals surface area contributed by atoms with Crippen LogP contribution in [0.5, 0.6) is 0 Å². The van der Waals surface area contributed by atoms with Crippen LogP contribution in [-0.2, 0) is 6.54 Å². The third-order valence-corrected chi connectivity index (χ3v) is 5.09. The van der Waals surface area contributed by atoms with E-state index in [0.717, 1.165) is 12.6 Å². The van der Waals surface area contributed by atoms with Crippen LogP contribution in [-0.4, -0.2) is 6.04 Å². The van der Waals surface area contributed by atoms with Gasteiger partial charge in [0.15, 0.2) is 0 Å². The molecule has 1 nitrogen and oxygen atoms in total. The van der Waals surface area contributed by atoms with Crippen LogP contribution in [0.1, 0.15) is 48.6 Å². The molecule has 0 spiro atoms. The normalized spacial score (nSPS) is 15.8. The maximum atomic E-state index is 3.66. The summed E-state index contributed by atoms with van der Waals surface area (Å²) in [4.78, 5) is 1.54. The minimum Gasteiger partial charge on any atom is -0.309 e. The molecule has 0 bridgehead atoms. The highest BCUT2D eigenvalue weighted by Crippen LogP contribution is 2.38. The van der Waals surface area contributed by atoms with Crippen molar-refractivity contribution in [1.29, 1.82) is 0 Å². The fourth-order valence-corrected chi connectivity index (χ4v) is 3.99. The Hall–Kier alpha value is -0.860. The predicted octanol–water partition coefficient (Wildman–Crippen LogP) is 4.59. The zero-order chi connectivity index (χ0) is 12.7. The second kappa shape index (κ2) is 4.67. The first-order chi connectivity index (χ1) is 8.66. The molecule has 1 fully saturated rings. The van der Waals surface area contributed by atoms with E-state index in [1.807, 2.05) is 11.3 Å². The fourth-order valence-electron chi connectivity index (χ4n) is 2.62. The number of hydrogen-bond donors (Lipinski definition) is 1. The molecule has 1 aliphatic carbocycles. The molecule has 18 heavy (non-hydrogen) atoms. The third-order valence-electron chi connectivity index (χ3n) is 3.73. The molecule has 0 aliphatic heterocycles. The third kappa shape index (κ3) is 2.19. The lowest BCUT2D eigenvalue weighted by molar-refractivity contribution is 0.686. The molecule has 96 valence electrons. The van der Waals surface area contributed by atoms with Crippen molar-refractivity contribution in [2.24, 2.45) is 0 Å². The zero-order valence-electron chi connectivity index (χ0n) is 11.4. The molecule has 2 heteroatoms. The Morgan fingerprint density at radius 2 is 2.11 bits per heavy atom. The van der Waals surface area contributed by atoms with Crippen molar-refractivity contribution in [1.82, 2.24) is 5.32 Å². The summed E-state index contributed by atoms with van der Waals surface area (Å²) in [5.74, 6) is 0.608. The van der Waals surface area contributed by atoms with Gasteiger partial charge in [-0.15, -0.1) is 11.3 Å². The molecule has 2 aromatic rings. The van der Waals surface area contributed by atoms with Gasteiger partial charge in [0.25, 0.3) is 0 Å². The number of aryl methyl sites for hydroxylation is 1. The van der Waals surface area contributed by atoms with Crippen LogP contribution < -0.4 is 5.32 Å². The second-order valence-corrected chi connectivity index (χ2v) is 6.81. The van der Waals surface area contributed by atoms with Gasteiger partial charge in [0.05, 0.1) is 0 Å². The van der Waals surface area contributed by atoms with E-state index < -0.39 is 0 Å². The minimum atomic E-state index is 0.608. The topological polar surface area (TPSA) is 12.0 Å². The lowest BCUT2D eigenvalue weighted by atomic mass is 9.98. The van der Waals surface area contributed by atoms with Gasteiger partial charge in [-0.1, -0.05) is 32.0 Å². The first kappa shape index (κ1) is 12.2. The van der Waals surface area contributed by atoms with Crippen LogP contribution in [0.2, 0.25) is 0 Å². The zero-order valence-corrected chi connectivity index (χ0v) is 12.2. The van der Waals surface area contributed by atoms with Crippen molar-refractivity contribution < 1.29 is 0 Å². The minimum absolute atomic E-state index is 0.608. The molecule has 0 radical (unpaired) electrons. The molecule has 1 N–H and O–H groups in total. The van der Waals surface area contributed by atoms with Crippen LogP contribution in [0.3, 0.4) is 0 Å². The van der Waals surface area contributed by atoms with Crippen LogP contribution in [0.15, 0.2) is 18.2 Å². The van der Waals surface area contributed by atoms with E-state index in [-0.39, 0.29) is 0 Å². The standard InChI is InChI=1S/C16H21NS/c1-10(2)15-13-6-4-5-11(3)16(13)18-14(15)9-17-12-7-8-12/h4-6,10,12,17H,7-9H2,1-3H3. The van der Waals surface area contributed by atoms with Gasteiger partial charge in [-0.3, -0.25) is 0 Å². The van der Waals surface area contributed by atoms with E-state index in [2.05, 4.69) is 44.3 Å². The summed E-state index contributed by atoms with van der Waals surface area (Å²) in [5, 5.41) is 5.13. The molecule has 0 saturated heterocycles. The molecule has 0 amide bonds. The molecular formula is C16H21NS. The molecule has 1 heterocycles. The summed E-state index contributed by atoms with van der Waals surface area (Å²) in [6, 6.07) is 7.49. The van der Waals surface area contributed by atoms with E-state index in [0.29, 0.717) is 5.92 Å². The summed E-state index contributed by atoms with van der Waals surface area (Å²) in [5.41, 5.74) is 2.98. The number of fused-ring (bicyclic) bond motifs is 1. The van der Waals surface area contributed by atoms with Gasteiger partial charge in [0, 0.05) is 22.2 Å². The van der Waals surface area contributed by atoms with Gasteiger partial charge in [0.1, 0.15) is 0 Å². The fraction of sp³-hybridized carbons (Fsp3) is 0.500. The maximum Gasteiger partial charge on any atom is 0.0378 e. The van der Waals surface area contributed by atoms with Crippen molar-refractivity contribution in [2.75, 3.05) is 0 Å². The molecular weight excluding hydrogens is 238 g/mol. The predicted molar refractivity (Wildman–Crippen MR) is 80.5 cm³/mol. The molecule has 1 saturated carbocycles. The van der Waals surface area contributed by atoms with E-state index in [4.69, 9.17) is 0 Å². The quantitative estimate of drug-likeness (QED) is 0.847. The number of hydrogen-bond acceptors (Lipinski definition) is 2. The van der Waals surface area contributed by atoms with Gasteiger partial charge in [-0.05, 0) is 42.2 Å². The van der Waals surface area contributed by atoms with Crippen molar-refractivity contribution in [3.8, 4) is 0 Å². The molecule has 1 aliphatic rings. The lowest BCUT2D eigenvalue weighted by Gasteiger charge is -2.09. The summed E-state index contributed by atoms with van der Waals surface area (Å²) < 4.78 is 1.48. The molecule has 0 atom stereocenters. The highest BCUT2D eigenvalue weighted by molar-refractivity contribution is 7.19. The Morgan fingerprint density at radius 1 is 1.33 bits per heavy atom. The van der Waals surface area contributed by atoms with Gasteiger partial charge in [0.2, 0.25) is 0 Å². The number of nitrogens with one attached hydrogen (secondary N) is 1. The summed E-state index contributed by atoms with van der Waals surface area (Å²) in [7, 11) is 0. The van der Waals surface area contributed by atoms with Gasteiger partial charge in [-0.2, -0.15) is 0 Å². The van der Waals surface area contributed by atoms with Gasteiger partial charge >= 0.3 is 0 Å². The SMILES string of the molecule is Cc1cccc2c(C(C)C)c(CNC3CC3)sc12. The second-order valence-electron chi connectivity index (χ2n) is 5.70.